The van der Waals surface area contributed by atoms with Crippen molar-refractivity contribution in [3.8, 4) is 6.07 Å². The normalized spacial score (nSPS) is 12.6. The van der Waals surface area contributed by atoms with E-state index in [1.807, 2.05) is 54.6 Å². The Labute approximate surface area is 207 Å². The monoisotopic (exact) mass is 480 g/mol. The van der Waals surface area contributed by atoms with Gasteiger partial charge in [0.1, 0.15) is 11.8 Å². The van der Waals surface area contributed by atoms with Crippen molar-refractivity contribution in [2.45, 2.75) is 19.0 Å². The smallest absolute Gasteiger partial charge is 0.109 e. The third kappa shape index (κ3) is 4.63. The average molecular weight is 481 g/mol. The number of aromatic nitrogens is 5. The van der Waals surface area contributed by atoms with Crippen molar-refractivity contribution in [1.82, 2.24) is 25.4 Å². The quantitative estimate of drug-likeness (QED) is 0.275. The zero-order chi connectivity index (χ0) is 24.2. The van der Waals surface area contributed by atoms with Gasteiger partial charge in [0, 0.05) is 35.7 Å². The molecule has 0 saturated carbocycles. The van der Waals surface area contributed by atoms with E-state index >= 15 is 0 Å². The zero-order valence-electron chi connectivity index (χ0n) is 18.8. The van der Waals surface area contributed by atoms with Crippen LogP contribution in [0.2, 0.25) is 5.02 Å². The van der Waals surface area contributed by atoms with Crippen LogP contribution in [0, 0.1) is 11.3 Å². The van der Waals surface area contributed by atoms with Crippen LogP contribution < -0.4 is 10.6 Å². The summed E-state index contributed by atoms with van der Waals surface area (Å²) in [4.78, 5) is 8.70. The Hall–Kier alpha value is -4.48. The van der Waals surface area contributed by atoms with Crippen LogP contribution in [-0.2, 0) is 0 Å². The van der Waals surface area contributed by atoms with Crippen LogP contribution in [-0.4, -0.2) is 25.4 Å². The van der Waals surface area contributed by atoms with Gasteiger partial charge in [-0.05, 0) is 36.2 Å². The summed E-state index contributed by atoms with van der Waals surface area (Å²) in [5, 5.41) is 28.9. The summed E-state index contributed by atoms with van der Waals surface area (Å²) < 4.78 is 0. The summed E-state index contributed by atoms with van der Waals surface area (Å²) in [5.74, 6) is 0. The molecule has 5 aromatic rings. The highest BCUT2D eigenvalue weighted by Gasteiger charge is 2.20. The molecule has 3 N–H and O–H groups in total. The van der Waals surface area contributed by atoms with Gasteiger partial charge >= 0.3 is 0 Å². The Balaban J connectivity index is 1.58. The number of halogens is 1. The number of pyridine rings is 2. The lowest BCUT2D eigenvalue weighted by Crippen LogP contribution is -2.13. The molecule has 35 heavy (non-hydrogen) atoms. The Kier molecular flexibility index (Phi) is 6.24. The van der Waals surface area contributed by atoms with Crippen molar-refractivity contribution in [2.75, 3.05) is 10.6 Å². The minimum atomic E-state index is -0.317. The number of H-pyrrole nitrogens is 1. The predicted molar refractivity (Wildman–Crippen MR) is 136 cm³/mol. The SMILES string of the molecule is C[C@@H](Nc1c(C#N)cnc2c(Cl)cc(N[C@@H](c3cccnc3)c3cn[nH]n3)cc12)c1ccccc1. The number of rotatable bonds is 7. The van der Waals surface area contributed by atoms with Crippen molar-refractivity contribution >= 4 is 33.9 Å². The molecule has 2 aromatic carbocycles. The fourth-order valence-corrected chi connectivity index (χ4v) is 4.28. The molecule has 3 heterocycles. The van der Waals surface area contributed by atoms with Crippen LogP contribution in [0.4, 0.5) is 11.4 Å². The molecule has 0 unspecified atom stereocenters. The molecule has 0 aliphatic rings. The van der Waals surface area contributed by atoms with E-state index in [0.29, 0.717) is 27.5 Å². The zero-order valence-corrected chi connectivity index (χ0v) is 19.5. The van der Waals surface area contributed by atoms with Gasteiger partial charge in [-0.2, -0.15) is 20.7 Å². The predicted octanol–water partition coefficient (Wildman–Crippen LogP) is 5.65. The van der Waals surface area contributed by atoms with Gasteiger partial charge in [-0.25, -0.2) is 0 Å². The van der Waals surface area contributed by atoms with Gasteiger partial charge in [-0.15, -0.1) is 0 Å². The molecule has 2 atom stereocenters. The third-order valence-corrected chi connectivity index (χ3v) is 6.05. The Morgan fingerprint density at radius 2 is 1.83 bits per heavy atom. The average Bonchev–Trinajstić information content (AvgIpc) is 3.43. The highest BCUT2D eigenvalue weighted by Crippen LogP contribution is 2.36. The minimum Gasteiger partial charge on any atom is -0.377 e. The second-order valence-electron chi connectivity index (χ2n) is 8.05. The third-order valence-electron chi connectivity index (χ3n) is 5.76. The Bertz CT molecular complexity index is 1480. The lowest BCUT2D eigenvalue weighted by Gasteiger charge is -2.21. The maximum Gasteiger partial charge on any atom is 0.109 e. The Morgan fingerprint density at radius 3 is 2.54 bits per heavy atom. The van der Waals surface area contributed by atoms with E-state index < -0.39 is 0 Å². The molecule has 5 rings (SSSR count). The van der Waals surface area contributed by atoms with Crippen LogP contribution in [0.3, 0.4) is 0 Å². The molecule has 0 saturated heterocycles. The summed E-state index contributed by atoms with van der Waals surface area (Å²) in [6.45, 7) is 2.05. The molecule has 3 aromatic heterocycles. The van der Waals surface area contributed by atoms with Crippen LogP contribution in [0.1, 0.15) is 41.4 Å². The van der Waals surface area contributed by atoms with Crippen molar-refractivity contribution in [3.63, 3.8) is 0 Å². The van der Waals surface area contributed by atoms with Crippen LogP contribution >= 0.6 is 11.6 Å². The van der Waals surface area contributed by atoms with E-state index in [4.69, 9.17) is 11.6 Å². The molecule has 172 valence electrons. The summed E-state index contributed by atoms with van der Waals surface area (Å²) in [7, 11) is 0. The molecule has 9 heteroatoms. The van der Waals surface area contributed by atoms with Gasteiger partial charge < -0.3 is 10.6 Å². The van der Waals surface area contributed by atoms with Gasteiger partial charge in [0.15, 0.2) is 0 Å². The lowest BCUT2D eigenvalue weighted by molar-refractivity contribution is 0.847. The first-order valence-electron chi connectivity index (χ1n) is 11.0. The largest absolute Gasteiger partial charge is 0.377 e. The Morgan fingerprint density at radius 1 is 1.00 bits per heavy atom. The number of nitriles is 1. The highest BCUT2D eigenvalue weighted by atomic mass is 35.5. The van der Waals surface area contributed by atoms with Crippen LogP contribution in [0.15, 0.2) is 79.4 Å². The summed E-state index contributed by atoms with van der Waals surface area (Å²) in [5.41, 5.74) is 5.19. The standard InChI is InChI=1S/C26H21ClN8/c1-16(17-6-3-2-4-7-17)32-24-19(12-28)14-30-26-21(24)10-20(11-22(26)27)33-25(23-15-31-35-34-23)18-8-5-9-29-13-18/h2-11,13-16,25,33H,1H3,(H,30,32)(H,31,34,35)/t16-,25+/m1/s1. The van der Waals surface area contributed by atoms with E-state index in [2.05, 4.69) is 49.0 Å². The van der Waals surface area contributed by atoms with Crippen molar-refractivity contribution < 1.29 is 0 Å². The second kappa shape index (κ2) is 9.79. The first kappa shape index (κ1) is 22.3. The molecular formula is C26H21ClN8. The van der Waals surface area contributed by atoms with Crippen LogP contribution in [0.5, 0.6) is 0 Å². The first-order valence-corrected chi connectivity index (χ1v) is 11.4. The van der Waals surface area contributed by atoms with Gasteiger partial charge in [-0.1, -0.05) is 48.0 Å². The number of hydrogen-bond donors (Lipinski definition) is 3. The van der Waals surface area contributed by atoms with E-state index in [-0.39, 0.29) is 12.1 Å². The van der Waals surface area contributed by atoms with Gasteiger partial charge in [-0.3, -0.25) is 9.97 Å². The van der Waals surface area contributed by atoms with E-state index in [0.717, 1.165) is 22.2 Å². The van der Waals surface area contributed by atoms with E-state index in [1.54, 1.807) is 24.8 Å². The summed E-state index contributed by atoms with van der Waals surface area (Å²) in [6, 6.07) is 19.5. The van der Waals surface area contributed by atoms with E-state index in [1.165, 1.54) is 0 Å². The number of nitrogens with one attached hydrogen (secondary N) is 3. The molecule has 0 aliphatic heterocycles. The molecular weight excluding hydrogens is 460 g/mol. The number of hydrogen-bond acceptors (Lipinski definition) is 7. The molecule has 0 amide bonds. The number of benzene rings is 2. The van der Waals surface area contributed by atoms with Gasteiger partial charge in [0.05, 0.1) is 34.0 Å². The first-order chi connectivity index (χ1) is 17.1. The fraction of sp³-hybridized carbons (Fsp3) is 0.115. The number of aromatic amines is 1. The molecule has 0 bridgehead atoms. The van der Waals surface area contributed by atoms with Crippen LogP contribution in [0.25, 0.3) is 10.9 Å². The number of fused-ring (bicyclic) bond motifs is 1. The maximum atomic E-state index is 9.81. The van der Waals surface area contributed by atoms with Gasteiger partial charge in [0.25, 0.3) is 0 Å². The number of nitrogens with zero attached hydrogens (tertiary/aromatic N) is 5. The molecule has 0 spiro atoms. The lowest BCUT2D eigenvalue weighted by atomic mass is 10.0. The van der Waals surface area contributed by atoms with Crippen molar-refractivity contribution in [1.29, 1.82) is 5.26 Å². The summed E-state index contributed by atoms with van der Waals surface area (Å²) >= 11 is 6.68. The van der Waals surface area contributed by atoms with Gasteiger partial charge in [0.2, 0.25) is 0 Å². The number of anilines is 2. The molecule has 0 fully saturated rings. The fourth-order valence-electron chi connectivity index (χ4n) is 4.02. The second-order valence-corrected chi connectivity index (χ2v) is 8.46. The van der Waals surface area contributed by atoms with Crippen molar-refractivity contribution in [3.05, 3.63) is 107 Å². The van der Waals surface area contributed by atoms with E-state index in [9.17, 15) is 5.26 Å². The summed E-state index contributed by atoms with van der Waals surface area (Å²) in [6.07, 6.45) is 6.71. The maximum absolute atomic E-state index is 9.81. The molecule has 0 radical (unpaired) electrons. The highest BCUT2D eigenvalue weighted by molar-refractivity contribution is 6.35. The minimum absolute atomic E-state index is 0.0393. The molecule has 0 aliphatic carbocycles. The topological polar surface area (TPSA) is 115 Å². The molecule has 8 nitrogen and oxygen atoms in total. The van der Waals surface area contributed by atoms with Crippen molar-refractivity contribution in [2.24, 2.45) is 0 Å².